The van der Waals surface area contributed by atoms with Crippen molar-refractivity contribution in [2.75, 3.05) is 0 Å². The topological polar surface area (TPSA) is 35.2 Å². The van der Waals surface area contributed by atoms with Crippen LogP contribution in [0.2, 0.25) is 0 Å². The van der Waals surface area contributed by atoms with Crippen molar-refractivity contribution < 1.29 is 4.74 Å². The summed E-state index contributed by atoms with van der Waals surface area (Å²) in [6, 6.07) is 0.249. The summed E-state index contributed by atoms with van der Waals surface area (Å²) in [4.78, 5) is 0. The van der Waals surface area contributed by atoms with Gasteiger partial charge in [-0.3, -0.25) is 0 Å². The molecule has 1 aliphatic rings. The lowest BCUT2D eigenvalue weighted by Crippen LogP contribution is -2.46. The molecule has 1 fully saturated rings. The fourth-order valence-electron chi connectivity index (χ4n) is 2.23. The highest BCUT2D eigenvalue weighted by atomic mass is 16.5. The zero-order valence-electron chi connectivity index (χ0n) is 10.8. The highest BCUT2D eigenvalue weighted by Gasteiger charge is 2.31. The Labute approximate surface area is 94.6 Å². The first-order chi connectivity index (χ1) is 6.98. The summed E-state index contributed by atoms with van der Waals surface area (Å²) in [6.45, 7) is 8.76. The number of rotatable bonds is 4. The van der Waals surface area contributed by atoms with Crippen molar-refractivity contribution in [1.82, 2.24) is 0 Å². The van der Waals surface area contributed by atoms with E-state index in [2.05, 4.69) is 27.7 Å². The first kappa shape index (κ1) is 13.0. The molecule has 0 saturated heterocycles. The Hall–Kier alpha value is -0.0800. The van der Waals surface area contributed by atoms with E-state index in [1.807, 2.05) is 0 Å². The van der Waals surface area contributed by atoms with E-state index in [9.17, 15) is 0 Å². The summed E-state index contributed by atoms with van der Waals surface area (Å²) in [5, 5.41) is 0. The van der Waals surface area contributed by atoms with Gasteiger partial charge < -0.3 is 10.5 Å². The second-order valence-corrected chi connectivity index (χ2v) is 5.52. The Morgan fingerprint density at radius 2 is 1.93 bits per heavy atom. The minimum atomic E-state index is -0.0160. The average molecular weight is 213 g/mol. The standard InChI is InChI=1S/C13H27NO/c1-5-10-7-8-11(14)12(9-10)15-13(3,4)6-2/h10-12H,5-9,14H2,1-4H3. The van der Waals surface area contributed by atoms with Crippen LogP contribution in [0.3, 0.4) is 0 Å². The molecule has 1 rings (SSSR count). The van der Waals surface area contributed by atoms with Gasteiger partial charge in [0, 0.05) is 6.04 Å². The molecule has 0 spiro atoms. The first-order valence-electron chi connectivity index (χ1n) is 6.42. The molecule has 90 valence electrons. The van der Waals surface area contributed by atoms with E-state index in [4.69, 9.17) is 10.5 Å². The predicted octanol–water partition coefficient (Wildman–Crippen LogP) is 3.10. The van der Waals surface area contributed by atoms with Crippen molar-refractivity contribution in [2.45, 2.75) is 77.5 Å². The third-order valence-electron chi connectivity index (χ3n) is 3.85. The second kappa shape index (κ2) is 5.31. The van der Waals surface area contributed by atoms with E-state index in [-0.39, 0.29) is 17.7 Å². The second-order valence-electron chi connectivity index (χ2n) is 5.52. The fraction of sp³-hybridized carbons (Fsp3) is 1.00. The maximum Gasteiger partial charge on any atom is 0.0735 e. The molecule has 0 radical (unpaired) electrons. The van der Waals surface area contributed by atoms with Crippen molar-refractivity contribution in [3.63, 3.8) is 0 Å². The van der Waals surface area contributed by atoms with Crippen molar-refractivity contribution in [2.24, 2.45) is 11.7 Å². The molecule has 0 aromatic heterocycles. The molecule has 0 heterocycles. The Morgan fingerprint density at radius 1 is 1.27 bits per heavy atom. The molecule has 3 unspecified atom stereocenters. The Balaban J connectivity index is 2.51. The van der Waals surface area contributed by atoms with Gasteiger partial charge in [0.1, 0.15) is 0 Å². The highest BCUT2D eigenvalue weighted by molar-refractivity contribution is 4.85. The van der Waals surface area contributed by atoms with E-state index in [1.54, 1.807) is 0 Å². The normalized spacial score (nSPS) is 33.0. The molecule has 15 heavy (non-hydrogen) atoms. The van der Waals surface area contributed by atoms with Gasteiger partial charge in [-0.1, -0.05) is 20.3 Å². The summed E-state index contributed by atoms with van der Waals surface area (Å²) < 4.78 is 6.15. The Bertz CT molecular complexity index is 191. The minimum Gasteiger partial charge on any atom is -0.371 e. The largest absolute Gasteiger partial charge is 0.371 e. The van der Waals surface area contributed by atoms with E-state index in [0.29, 0.717) is 0 Å². The molecule has 0 aromatic carbocycles. The summed E-state index contributed by atoms with van der Waals surface area (Å²) in [5.41, 5.74) is 6.12. The molecule has 1 saturated carbocycles. The van der Waals surface area contributed by atoms with Crippen LogP contribution in [0.1, 0.15) is 59.8 Å². The van der Waals surface area contributed by atoms with Crippen LogP contribution in [-0.4, -0.2) is 17.7 Å². The molecule has 0 bridgehead atoms. The van der Waals surface area contributed by atoms with E-state index in [0.717, 1.165) is 25.2 Å². The Kier molecular flexibility index (Phi) is 4.60. The maximum atomic E-state index is 6.15. The maximum absolute atomic E-state index is 6.15. The molecule has 0 aromatic rings. The lowest BCUT2D eigenvalue weighted by molar-refractivity contribution is -0.101. The first-order valence-corrected chi connectivity index (χ1v) is 6.42. The van der Waals surface area contributed by atoms with Crippen LogP contribution in [0.5, 0.6) is 0 Å². The third kappa shape index (κ3) is 3.76. The monoisotopic (exact) mass is 213 g/mol. The molecule has 1 aliphatic carbocycles. The zero-order valence-corrected chi connectivity index (χ0v) is 10.8. The van der Waals surface area contributed by atoms with Gasteiger partial charge in [0.25, 0.3) is 0 Å². The van der Waals surface area contributed by atoms with Crippen LogP contribution in [0.25, 0.3) is 0 Å². The SMILES string of the molecule is CCC1CCC(N)C(OC(C)(C)CC)C1. The van der Waals surface area contributed by atoms with Gasteiger partial charge >= 0.3 is 0 Å². The van der Waals surface area contributed by atoms with E-state index >= 15 is 0 Å². The zero-order chi connectivity index (χ0) is 11.5. The predicted molar refractivity (Wildman–Crippen MR) is 64.9 cm³/mol. The molecule has 0 aliphatic heterocycles. The van der Waals surface area contributed by atoms with E-state index < -0.39 is 0 Å². The molecule has 2 N–H and O–H groups in total. The van der Waals surface area contributed by atoms with E-state index in [1.165, 1.54) is 12.8 Å². The fourth-order valence-corrected chi connectivity index (χ4v) is 2.23. The van der Waals surface area contributed by atoms with Crippen LogP contribution in [-0.2, 0) is 4.74 Å². The van der Waals surface area contributed by atoms with Crippen molar-refractivity contribution in [3.8, 4) is 0 Å². The number of nitrogens with two attached hydrogens (primary N) is 1. The van der Waals surface area contributed by atoms with Crippen LogP contribution >= 0.6 is 0 Å². The summed E-state index contributed by atoms with van der Waals surface area (Å²) in [7, 11) is 0. The van der Waals surface area contributed by atoms with Gasteiger partial charge in [-0.2, -0.15) is 0 Å². The molecular formula is C13H27NO. The van der Waals surface area contributed by atoms with Gasteiger partial charge in [-0.05, 0) is 45.4 Å². The lowest BCUT2D eigenvalue weighted by Gasteiger charge is -2.38. The van der Waals surface area contributed by atoms with Gasteiger partial charge in [-0.15, -0.1) is 0 Å². The average Bonchev–Trinajstić information content (AvgIpc) is 2.21. The molecule has 2 nitrogen and oxygen atoms in total. The number of ether oxygens (including phenoxy) is 1. The van der Waals surface area contributed by atoms with Gasteiger partial charge in [-0.25, -0.2) is 0 Å². The summed E-state index contributed by atoms with van der Waals surface area (Å²) >= 11 is 0. The van der Waals surface area contributed by atoms with Crippen LogP contribution in [0.15, 0.2) is 0 Å². The minimum absolute atomic E-state index is 0.0160. The number of hydrogen-bond donors (Lipinski definition) is 1. The van der Waals surface area contributed by atoms with Crippen molar-refractivity contribution in [3.05, 3.63) is 0 Å². The van der Waals surface area contributed by atoms with Crippen molar-refractivity contribution in [1.29, 1.82) is 0 Å². The van der Waals surface area contributed by atoms with Gasteiger partial charge in [0.15, 0.2) is 0 Å². The number of hydrogen-bond acceptors (Lipinski definition) is 2. The van der Waals surface area contributed by atoms with Crippen LogP contribution in [0, 0.1) is 5.92 Å². The smallest absolute Gasteiger partial charge is 0.0735 e. The summed E-state index contributed by atoms with van der Waals surface area (Å²) in [5.74, 6) is 0.822. The highest BCUT2D eigenvalue weighted by Crippen LogP contribution is 2.31. The van der Waals surface area contributed by atoms with Gasteiger partial charge in [0.2, 0.25) is 0 Å². The van der Waals surface area contributed by atoms with Crippen LogP contribution < -0.4 is 5.73 Å². The molecule has 3 atom stereocenters. The lowest BCUT2D eigenvalue weighted by atomic mass is 9.82. The molecular weight excluding hydrogens is 186 g/mol. The molecule has 2 heteroatoms. The quantitative estimate of drug-likeness (QED) is 0.779. The van der Waals surface area contributed by atoms with Crippen molar-refractivity contribution >= 4 is 0 Å². The third-order valence-corrected chi connectivity index (χ3v) is 3.85. The summed E-state index contributed by atoms with van der Waals surface area (Å²) in [6.07, 6.45) is 6.15. The Morgan fingerprint density at radius 3 is 2.47 bits per heavy atom. The molecule has 0 amide bonds. The van der Waals surface area contributed by atoms with Gasteiger partial charge in [0.05, 0.1) is 11.7 Å². The van der Waals surface area contributed by atoms with Crippen LogP contribution in [0.4, 0.5) is 0 Å².